The number of aromatic amines is 1. The number of aromatic nitrogens is 3. The largest absolute Gasteiger partial charge is 0.494 e. The molecule has 156 valence electrons. The number of H-pyrrole nitrogens is 1. The summed E-state index contributed by atoms with van der Waals surface area (Å²) in [7, 11) is 0. The third-order valence-corrected chi connectivity index (χ3v) is 5.03. The summed E-state index contributed by atoms with van der Waals surface area (Å²) < 4.78 is 5.27. The molecule has 0 aliphatic heterocycles. The molecule has 0 bridgehead atoms. The van der Waals surface area contributed by atoms with Crippen LogP contribution in [0.4, 0.5) is 11.4 Å². The van der Waals surface area contributed by atoms with Crippen LogP contribution in [0.15, 0.2) is 47.6 Å². The van der Waals surface area contributed by atoms with Gasteiger partial charge in [0.05, 0.1) is 23.3 Å². The number of anilines is 1. The second-order valence-corrected chi connectivity index (χ2v) is 7.17. The summed E-state index contributed by atoms with van der Waals surface area (Å²) in [6.45, 7) is 4.26. The maximum atomic E-state index is 12.3. The molecule has 0 aliphatic rings. The van der Waals surface area contributed by atoms with Gasteiger partial charge >= 0.3 is 0 Å². The van der Waals surface area contributed by atoms with Crippen LogP contribution in [0.1, 0.15) is 19.4 Å². The molecule has 1 aromatic heterocycles. The minimum absolute atomic E-state index is 0.0103. The van der Waals surface area contributed by atoms with Crippen molar-refractivity contribution >= 4 is 29.0 Å². The monoisotopic (exact) mass is 427 g/mol. The van der Waals surface area contributed by atoms with Crippen LogP contribution in [-0.4, -0.2) is 38.4 Å². The molecule has 0 saturated carbocycles. The molecule has 0 atom stereocenters. The van der Waals surface area contributed by atoms with Crippen molar-refractivity contribution in [2.45, 2.75) is 25.4 Å². The van der Waals surface area contributed by atoms with Crippen molar-refractivity contribution in [2.24, 2.45) is 0 Å². The topological polar surface area (TPSA) is 123 Å². The van der Waals surface area contributed by atoms with E-state index in [1.54, 1.807) is 13.0 Å². The molecule has 10 heteroatoms. The van der Waals surface area contributed by atoms with Crippen molar-refractivity contribution in [1.29, 1.82) is 0 Å². The molecule has 1 heterocycles. The first-order chi connectivity index (χ1) is 14.5. The lowest BCUT2D eigenvalue weighted by molar-refractivity contribution is -0.384. The third kappa shape index (κ3) is 5.35. The van der Waals surface area contributed by atoms with Crippen LogP contribution in [0.5, 0.6) is 5.75 Å². The Morgan fingerprint density at radius 3 is 2.67 bits per heavy atom. The molecule has 0 unspecified atom stereocenters. The van der Waals surface area contributed by atoms with E-state index < -0.39 is 10.8 Å². The number of carbonyl (C=O) groups excluding carboxylic acids is 1. The highest BCUT2D eigenvalue weighted by Crippen LogP contribution is 2.29. The van der Waals surface area contributed by atoms with Gasteiger partial charge < -0.3 is 10.1 Å². The van der Waals surface area contributed by atoms with Crippen LogP contribution in [0.3, 0.4) is 0 Å². The lowest BCUT2D eigenvalue weighted by Gasteiger charge is -2.07. The van der Waals surface area contributed by atoms with E-state index in [1.165, 1.54) is 17.7 Å². The fraction of sp³-hybridized carbons (Fsp3) is 0.250. The number of thioether (sulfide) groups is 1. The second kappa shape index (κ2) is 9.88. The molecule has 30 heavy (non-hydrogen) atoms. The molecule has 0 aliphatic carbocycles. The lowest BCUT2D eigenvalue weighted by atomic mass is 10.1. The van der Waals surface area contributed by atoms with E-state index in [9.17, 15) is 14.9 Å². The van der Waals surface area contributed by atoms with Gasteiger partial charge in [-0.1, -0.05) is 43.0 Å². The van der Waals surface area contributed by atoms with E-state index in [1.807, 2.05) is 24.3 Å². The Balaban J connectivity index is 1.61. The second-order valence-electron chi connectivity index (χ2n) is 6.22. The Morgan fingerprint density at radius 2 is 2.00 bits per heavy atom. The van der Waals surface area contributed by atoms with Gasteiger partial charge in [0.1, 0.15) is 11.4 Å². The maximum Gasteiger partial charge on any atom is 0.296 e. The summed E-state index contributed by atoms with van der Waals surface area (Å²) in [5.41, 5.74) is 2.02. The normalized spacial score (nSPS) is 10.6. The molecule has 2 aromatic carbocycles. The number of nitrogens with zero attached hydrogens (tertiary/aromatic N) is 3. The summed E-state index contributed by atoms with van der Waals surface area (Å²) in [6, 6.07) is 12.3. The van der Waals surface area contributed by atoms with E-state index in [2.05, 4.69) is 27.4 Å². The molecule has 9 nitrogen and oxygen atoms in total. The van der Waals surface area contributed by atoms with E-state index >= 15 is 0 Å². The fourth-order valence-corrected chi connectivity index (χ4v) is 3.28. The number of ether oxygens (including phenoxy) is 1. The van der Waals surface area contributed by atoms with Gasteiger partial charge in [-0.15, -0.1) is 5.10 Å². The van der Waals surface area contributed by atoms with Gasteiger partial charge in [0, 0.05) is 5.56 Å². The number of nitro benzene ring substituents is 1. The quantitative estimate of drug-likeness (QED) is 0.300. The van der Waals surface area contributed by atoms with Gasteiger partial charge in [-0.3, -0.25) is 20.0 Å². The average Bonchev–Trinajstić information content (AvgIpc) is 3.22. The summed E-state index contributed by atoms with van der Waals surface area (Å²) in [6.07, 6.45) is 0.958. The van der Waals surface area contributed by atoms with E-state index in [-0.39, 0.29) is 17.1 Å². The zero-order valence-corrected chi connectivity index (χ0v) is 17.4. The number of nitro groups is 1. The Morgan fingerprint density at radius 1 is 1.23 bits per heavy atom. The Hall–Kier alpha value is -3.40. The Bertz CT molecular complexity index is 1040. The van der Waals surface area contributed by atoms with E-state index in [0.717, 1.165) is 23.7 Å². The van der Waals surface area contributed by atoms with Gasteiger partial charge in [-0.05, 0) is 31.0 Å². The van der Waals surface area contributed by atoms with Gasteiger partial charge in [-0.25, -0.2) is 4.98 Å². The van der Waals surface area contributed by atoms with Gasteiger partial charge in [-0.2, -0.15) is 0 Å². The lowest BCUT2D eigenvalue weighted by Crippen LogP contribution is -2.15. The number of benzene rings is 2. The maximum absolute atomic E-state index is 12.3. The van der Waals surface area contributed by atoms with Crippen molar-refractivity contribution in [1.82, 2.24) is 15.2 Å². The van der Waals surface area contributed by atoms with Crippen molar-refractivity contribution < 1.29 is 14.5 Å². The first kappa shape index (κ1) is 21.3. The molecule has 3 aromatic rings. The first-order valence-electron chi connectivity index (χ1n) is 9.35. The predicted octanol–water partition coefficient (Wildman–Crippen LogP) is 4.07. The summed E-state index contributed by atoms with van der Waals surface area (Å²) in [5.74, 6) is 0.599. The highest BCUT2D eigenvalue weighted by Gasteiger charge is 2.18. The summed E-state index contributed by atoms with van der Waals surface area (Å²) in [4.78, 5) is 27.4. The molecule has 1 amide bonds. The number of nitrogens with one attached hydrogen (secondary N) is 2. The Labute approximate surface area is 177 Å². The molecule has 0 spiro atoms. The highest BCUT2D eigenvalue weighted by molar-refractivity contribution is 7.99. The van der Waals surface area contributed by atoms with Crippen LogP contribution in [0.25, 0.3) is 11.4 Å². The van der Waals surface area contributed by atoms with Gasteiger partial charge in [0.2, 0.25) is 11.1 Å². The van der Waals surface area contributed by atoms with Crippen molar-refractivity contribution in [2.75, 3.05) is 17.7 Å². The minimum Gasteiger partial charge on any atom is -0.494 e. The fourth-order valence-electron chi connectivity index (χ4n) is 2.68. The van der Waals surface area contributed by atoms with Crippen molar-refractivity contribution in [3.8, 4) is 17.1 Å². The highest BCUT2D eigenvalue weighted by atomic mass is 32.2. The molecule has 0 radical (unpaired) electrons. The average molecular weight is 427 g/mol. The van der Waals surface area contributed by atoms with Gasteiger partial charge in [0.25, 0.3) is 5.69 Å². The third-order valence-electron chi connectivity index (χ3n) is 4.18. The molecule has 0 saturated heterocycles. The molecule has 3 rings (SSSR count). The summed E-state index contributed by atoms with van der Waals surface area (Å²) >= 11 is 1.14. The molecular formula is C20H21N5O4S. The number of amides is 1. The van der Waals surface area contributed by atoms with Crippen LogP contribution in [0.2, 0.25) is 0 Å². The van der Waals surface area contributed by atoms with Crippen LogP contribution < -0.4 is 10.1 Å². The van der Waals surface area contributed by atoms with Crippen molar-refractivity contribution in [3.05, 3.63) is 58.1 Å². The zero-order chi connectivity index (χ0) is 21.5. The first-order valence-corrected chi connectivity index (χ1v) is 10.3. The smallest absolute Gasteiger partial charge is 0.296 e. The van der Waals surface area contributed by atoms with Crippen LogP contribution >= 0.6 is 11.8 Å². The van der Waals surface area contributed by atoms with Crippen LogP contribution in [-0.2, 0) is 11.2 Å². The standard InChI is InChI=1S/C20H21N5O4S/c1-3-13-5-7-14(8-6-13)19-22-20(24-23-19)30-12-18(26)21-16-10-9-15(29-4-2)11-17(16)25(27)28/h5-11H,3-4,12H2,1-2H3,(H,21,26)(H,22,23,24). The van der Waals surface area contributed by atoms with Gasteiger partial charge in [0.15, 0.2) is 5.82 Å². The molecule has 2 N–H and O–H groups in total. The predicted molar refractivity (Wildman–Crippen MR) is 115 cm³/mol. The number of rotatable bonds is 9. The summed E-state index contributed by atoms with van der Waals surface area (Å²) in [5, 5.41) is 21.2. The van der Waals surface area contributed by atoms with Crippen molar-refractivity contribution in [3.63, 3.8) is 0 Å². The SMILES string of the molecule is CCOc1ccc(NC(=O)CSc2n[nH]c(-c3ccc(CC)cc3)n2)c([N+](=O)[O-])c1. The number of carbonyl (C=O) groups is 1. The molecule has 0 fully saturated rings. The van der Waals surface area contributed by atoms with E-state index in [0.29, 0.717) is 23.3 Å². The number of hydrogen-bond donors (Lipinski definition) is 2. The van der Waals surface area contributed by atoms with Crippen LogP contribution in [0, 0.1) is 10.1 Å². The zero-order valence-electron chi connectivity index (χ0n) is 16.5. The number of aryl methyl sites for hydroxylation is 1. The molecular weight excluding hydrogens is 406 g/mol. The Kier molecular flexibility index (Phi) is 7.02. The van der Waals surface area contributed by atoms with E-state index in [4.69, 9.17) is 4.74 Å². The minimum atomic E-state index is -0.559. The number of hydrogen-bond acceptors (Lipinski definition) is 7.